The van der Waals surface area contributed by atoms with E-state index in [4.69, 9.17) is 12.2 Å². The Morgan fingerprint density at radius 1 is 1.21 bits per heavy atom. The molecule has 0 heterocycles. The molecule has 0 bridgehead atoms. The molecule has 2 N–H and O–H groups in total. The normalized spacial score (nSPS) is 20.3. The van der Waals surface area contributed by atoms with E-state index in [0.29, 0.717) is 6.04 Å². The smallest absolute Gasteiger partial charge is 0.0101 e. The molecule has 0 radical (unpaired) electrons. The molecule has 80 valence electrons. The van der Waals surface area contributed by atoms with Crippen LogP contribution < -0.4 is 5.73 Å². The van der Waals surface area contributed by atoms with Gasteiger partial charge < -0.3 is 5.73 Å². The van der Waals surface area contributed by atoms with Gasteiger partial charge >= 0.3 is 0 Å². The van der Waals surface area contributed by atoms with Crippen LogP contribution in [-0.4, -0.2) is 6.04 Å². The van der Waals surface area contributed by atoms with E-state index >= 15 is 0 Å². The van der Waals surface area contributed by atoms with Gasteiger partial charge in [0.25, 0.3) is 0 Å². The van der Waals surface area contributed by atoms with Gasteiger partial charge in [-0.15, -0.1) is 12.3 Å². The summed E-state index contributed by atoms with van der Waals surface area (Å²) in [6, 6.07) is 0.341. The fourth-order valence-electron chi connectivity index (χ4n) is 2.34. The zero-order chi connectivity index (χ0) is 10.2. The molecule has 1 saturated carbocycles. The lowest BCUT2D eigenvalue weighted by Crippen LogP contribution is -2.21. The summed E-state index contributed by atoms with van der Waals surface area (Å²) in [6.45, 7) is 0. The first kappa shape index (κ1) is 11.6. The van der Waals surface area contributed by atoms with E-state index in [1.54, 1.807) is 0 Å². The van der Waals surface area contributed by atoms with Crippen LogP contribution in [0.3, 0.4) is 0 Å². The lowest BCUT2D eigenvalue weighted by molar-refractivity contribution is 0.321. The van der Waals surface area contributed by atoms with Crippen molar-refractivity contribution in [2.45, 2.75) is 63.8 Å². The van der Waals surface area contributed by atoms with E-state index in [9.17, 15) is 0 Å². The number of hydrogen-bond donors (Lipinski definition) is 1. The Morgan fingerprint density at radius 2 is 1.93 bits per heavy atom. The first-order chi connectivity index (χ1) is 6.83. The van der Waals surface area contributed by atoms with Crippen LogP contribution in [0.25, 0.3) is 0 Å². The van der Waals surface area contributed by atoms with Gasteiger partial charge in [0.1, 0.15) is 0 Å². The van der Waals surface area contributed by atoms with Crippen molar-refractivity contribution >= 4 is 0 Å². The molecule has 14 heavy (non-hydrogen) atoms. The predicted octanol–water partition coefficient (Wildman–Crippen LogP) is 3.09. The van der Waals surface area contributed by atoms with Crippen molar-refractivity contribution in [3.05, 3.63) is 0 Å². The van der Waals surface area contributed by atoms with Crippen LogP contribution in [0.4, 0.5) is 0 Å². The second-order valence-corrected chi connectivity index (χ2v) is 4.58. The summed E-state index contributed by atoms with van der Waals surface area (Å²) in [5.74, 6) is 3.62. The topological polar surface area (TPSA) is 26.0 Å². The summed E-state index contributed by atoms with van der Waals surface area (Å²) in [5, 5.41) is 0. The van der Waals surface area contributed by atoms with E-state index in [-0.39, 0.29) is 0 Å². The molecule has 1 nitrogen and oxygen atoms in total. The first-order valence-electron chi connectivity index (χ1n) is 6.02. The minimum atomic E-state index is 0.341. The highest BCUT2D eigenvalue weighted by Crippen LogP contribution is 2.27. The van der Waals surface area contributed by atoms with E-state index in [1.807, 2.05) is 0 Å². The van der Waals surface area contributed by atoms with E-state index in [2.05, 4.69) is 5.92 Å². The van der Waals surface area contributed by atoms with Crippen LogP contribution in [0.5, 0.6) is 0 Å². The number of nitrogens with two attached hydrogens (primary N) is 1. The molecule has 0 amide bonds. The van der Waals surface area contributed by atoms with Crippen molar-refractivity contribution in [1.29, 1.82) is 0 Å². The van der Waals surface area contributed by atoms with E-state index < -0.39 is 0 Å². The summed E-state index contributed by atoms with van der Waals surface area (Å²) < 4.78 is 0. The molecule has 1 aliphatic rings. The summed E-state index contributed by atoms with van der Waals surface area (Å²) in [4.78, 5) is 0. The molecule has 0 aromatic heterocycles. The van der Waals surface area contributed by atoms with Crippen LogP contribution >= 0.6 is 0 Å². The second kappa shape index (κ2) is 6.90. The lowest BCUT2D eigenvalue weighted by atomic mass is 9.85. The van der Waals surface area contributed by atoms with Gasteiger partial charge in [-0.2, -0.15) is 0 Å². The van der Waals surface area contributed by atoms with Crippen LogP contribution in [0, 0.1) is 18.3 Å². The largest absolute Gasteiger partial charge is 0.328 e. The van der Waals surface area contributed by atoms with Gasteiger partial charge in [-0.05, 0) is 25.2 Å². The fourth-order valence-corrected chi connectivity index (χ4v) is 2.34. The Labute approximate surface area is 88.5 Å². The van der Waals surface area contributed by atoms with Crippen molar-refractivity contribution in [3.8, 4) is 12.3 Å². The monoisotopic (exact) mass is 193 g/mol. The van der Waals surface area contributed by atoms with Crippen LogP contribution in [0.2, 0.25) is 0 Å². The average Bonchev–Trinajstić information content (AvgIpc) is 2.25. The maximum Gasteiger partial charge on any atom is 0.0101 e. The Morgan fingerprint density at radius 3 is 2.57 bits per heavy atom. The molecule has 1 rings (SSSR count). The van der Waals surface area contributed by atoms with Crippen LogP contribution in [0.15, 0.2) is 0 Å². The Balaban J connectivity index is 2.03. The van der Waals surface area contributed by atoms with E-state index in [1.165, 1.54) is 44.9 Å². The van der Waals surface area contributed by atoms with Gasteiger partial charge in [-0.25, -0.2) is 0 Å². The third-order valence-corrected chi connectivity index (χ3v) is 3.33. The SMILES string of the molecule is C#CCCC(N)CCC1CCCCC1. The Bertz CT molecular complexity index is 174. The van der Waals surface area contributed by atoms with Crippen molar-refractivity contribution < 1.29 is 0 Å². The molecule has 1 aliphatic carbocycles. The number of hydrogen-bond acceptors (Lipinski definition) is 1. The molecule has 0 aromatic carbocycles. The summed E-state index contributed by atoms with van der Waals surface area (Å²) in [5.41, 5.74) is 5.98. The van der Waals surface area contributed by atoms with Gasteiger partial charge in [0.05, 0.1) is 0 Å². The molecule has 0 aromatic rings. The third-order valence-electron chi connectivity index (χ3n) is 3.33. The Kier molecular flexibility index (Phi) is 5.71. The van der Waals surface area contributed by atoms with Gasteiger partial charge in [-0.3, -0.25) is 0 Å². The molecular formula is C13H23N. The van der Waals surface area contributed by atoms with Gasteiger partial charge in [-0.1, -0.05) is 32.1 Å². The van der Waals surface area contributed by atoms with Gasteiger partial charge in [0.15, 0.2) is 0 Å². The van der Waals surface area contributed by atoms with E-state index in [0.717, 1.165) is 18.8 Å². The van der Waals surface area contributed by atoms with Crippen LogP contribution in [0.1, 0.15) is 57.8 Å². The number of rotatable bonds is 5. The zero-order valence-corrected chi connectivity index (χ0v) is 9.17. The predicted molar refractivity (Wildman–Crippen MR) is 61.9 cm³/mol. The molecule has 1 heteroatoms. The second-order valence-electron chi connectivity index (χ2n) is 4.58. The highest BCUT2D eigenvalue weighted by molar-refractivity contribution is 4.85. The standard InChI is InChI=1S/C13H23N/c1-2-3-9-13(14)11-10-12-7-5-4-6-8-12/h1,12-13H,3-11,14H2. The van der Waals surface area contributed by atoms with Gasteiger partial charge in [0, 0.05) is 12.5 Å². The van der Waals surface area contributed by atoms with Gasteiger partial charge in [0.2, 0.25) is 0 Å². The minimum Gasteiger partial charge on any atom is -0.328 e. The third kappa shape index (κ3) is 4.67. The quantitative estimate of drug-likeness (QED) is 0.667. The lowest BCUT2D eigenvalue weighted by Gasteiger charge is -2.22. The van der Waals surface area contributed by atoms with Crippen molar-refractivity contribution in [1.82, 2.24) is 0 Å². The highest BCUT2D eigenvalue weighted by atomic mass is 14.6. The molecule has 0 aliphatic heterocycles. The Hall–Kier alpha value is -0.480. The van der Waals surface area contributed by atoms with Crippen molar-refractivity contribution in [3.63, 3.8) is 0 Å². The average molecular weight is 193 g/mol. The first-order valence-corrected chi connectivity index (χ1v) is 6.02. The number of terminal acetylenes is 1. The summed E-state index contributed by atoms with van der Waals surface area (Å²) in [6.07, 6.45) is 16.7. The highest BCUT2D eigenvalue weighted by Gasteiger charge is 2.14. The van der Waals surface area contributed by atoms with Crippen molar-refractivity contribution in [2.24, 2.45) is 11.7 Å². The summed E-state index contributed by atoms with van der Waals surface area (Å²) >= 11 is 0. The maximum atomic E-state index is 5.98. The minimum absolute atomic E-state index is 0.341. The maximum absolute atomic E-state index is 5.98. The van der Waals surface area contributed by atoms with Crippen molar-refractivity contribution in [2.75, 3.05) is 0 Å². The van der Waals surface area contributed by atoms with Crippen LogP contribution in [-0.2, 0) is 0 Å². The molecule has 1 unspecified atom stereocenters. The molecular weight excluding hydrogens is 170 g/mol. The zero-order valence-electron chi connectivity index (χ0n) is 9.17. The summed E-state index contributed by atoms with van der Waals surface area (Å²) in [7, 11) is 0. The fraction of sp³-hybridized carbons (Fsp3) is 0.846. The molecule has 0 spiro atoms. The molecule has 1 fully saturated rings. The molecule has 0 saturated heterocycles. The molecule has 1 atom stereocenters.